The van der Waals surface area contributed by atoms with Crippen LogP contribution >= 0.6 is 34.8 Å². The molecule has 0 saturated heterocycles. The molecule has 0 spiro atoms. The fourth-order valence-electron chi connectivity index (χ4n) is 3.85. The normalized spacial score (nSPS) is 12.2. The van der Waals surface area contributed by atoms with Crippen LogP contribution in [0.25, 0.3) is 0 Å². The van der Waals surface area contributed by atoms with E-state index < -0.39 is 28.5 Å². The largest absolute Gasteiger partial charge is 0.352 e. The van der Waals surface area contributed by atoms with Crippen molar-refractivity contribution < 1.29 is 18.0 Å². The quantitative estimate of drug-likeness (QED) is 0.301. The minimum atomic E-state index is -4.24. The van der Waals surface area contributed by atoms with Crippen LogP contribution in [0.3, 0.4) is 0 Å². The van der Waals surface area contributed by atoms with Crippen LogP contribution in [0.1, 0.15) is 31.9 Å². The van der Waals surface area contributed by atoms with Gasteiger partial charge < -0.3 is 10.2 Å². The van der Waals surface area contributed by atoms with E-state index in [2.05, 4.69) is 5.32 Å². The molecule has 208 valence electrons. The predicted octanol–water partition coefficient (Wildman–Crippen LogP) is 6.09. The Morgan fingerprint density at radius 1 is 0.897 bits per heavy atom. The first kappa shape index (κ1) is 30.8. The summed E-state index contributed by atoms with van der Waals surface area (Å²) in [6, 6.07) is 16.4. The first-order valence-corrected chi connectivity index (χ1v) is 14.8. The van der Waals surface area contributed by atoms with E-state index in [0.717, 1.165) is 9.87 Å². The van der Waals surface area contributed by atoms with E-state index in [1.807, 2.05) is 20.8 Å². The third-order valence-corrected chi connectivity index (χ3v) is 8.51. The number of benzene rings is 3. The van der Waals surface area contributed by atoms with Gasteiger partial charge in [-0.25, -0.2) is 8.42 Å². The summed E-state index contributed by atoms with van der Waals surface area (Å²) in [5.41, 5.74) is 1.59. The zero-order chi connectivity index (χ0) is 28.9. The average molecular weight is 611 g/mol. The van der Waals surface area contributed by atoms with E-state index in [4.69, 9.17) is 34.8 Å². The molecule has 7 nitrogen and oxygen atoms in total. The highest BCUT2D eigenvalue weighted by molar-refractivity contribution is 7.92. The Hall–Kier alpha value is -2.78. The Bertz CT molecular complexity index is 1430. The number of halogens is 3. The lowest BCUT2D eigenvalue weighted by atomic mass is 10.1. The van der Waals surface area contributed by atoms with Gasteiger partial charge >= 0.3 is 0 Å². The second-order valence-corrected chi connectivity index (χ2v) is 12.5. The summed E-state index contributed by atoms with van der Waals surface area (Å²) in [7, 11) is -4.24. The molecule has 0 aliphatic carbocycles. The maximum Gasteiger partial charge on any atom is 0.264 e. The smallest absolute Gasteiger partial charge is 0.264 e. The number of hydrogen-bond acceptors (Lipinski definition) is 4. The maximum atomic E-state index is 13.9. The molecule has 1 N–H and O–H groups in total. The average Bonchev–Trinajstić information content (AvgIpc) is 2.85. The molecule has 0 aliphatic heterocycles. The number of nitrogens with one attached hydrogen (secondary N) is 1. The Kier molecular flexibility index (Phi) is 10.3. The molecule has 0 aromatic heterocycles. The van der Waals surface area contributed by atoms with Crippen LogP contribution in [0.15, 0.2) is 71.6 Å². The van der Waals surface area contributed by atoms with Gasteiger partial charge in [-0.15, -0.1) is 0 Å². The molecule has 3 aromatic carbocycles. The predicted molar refractivity (Wildman–Crippen MR) is 157 cm³/mol. The van der Waals surface area contributed by atoms with Crippen molar-refractivity contribution in [2.75, 3.05) is 10.8 Å². The van der Waals surface area contributed by atoms with Gasteiger partial charge in [0, 0.05) is 27.7 Å². The minimum absolute atomic E-state index is 0.0137. The molecule has 11 heteroatoms. The zero-order valence-corrected chi connectivity index (χ0v) is 25.1. The summed E-state index contributed by atoms with van der Waals surface area (Å²) in [6.45, 7) is 6.41. The fraction of sp³-hybridized carbons (Fsp3) is 0.286. The van der Waals surface area contributed by atoms with Crippen molar-refractivity contribution >= 4 is 62.3 Å². The third kappa shape index (κ3) is 7.88. The van der Waals surface area contributed by atoms with E-state index in [9.17, 15) is 18.0 Å². The van der Waals surface area contributed by atoms with Crippen LogP contribution in [0.5, 0.6) is 0 Å². The number of aryl methyl sites for hydroxylation is 1. The van der Waals surface area contributed by atoms with Crippen LogP contribution < -0.4 is 9.62 Å². The lowest BCUT2D eigenvalue weighted by molar-refractivity contribution is -0.139. The number of carbonyl (C=O) groups is 2. The minimum Gasteiger partial charge on any atom is -0.352 e. The van der Waals surface area contributed by atoms with Gasteiger partial charge in [0.25, 0.3) is 10.0 Å². The molecular formula is C28H30Cl3N3O4S. The Morgan fingerprint density at radius 3 is 2.05 bits per heavy atom. The molecule has 0 heterocycles. The zero-order valence-electron chi connectivity index (χ0n) is 22.0. The van der Waals surface area contributed by atoms with Crippen molar-refractivity contribution in [3.05, 3.63) is 92.9 Å². The number of carbonyl (C=O) groups excluding carboxylic acids is 2. The second-order valence-electron chi connectivity index (χ2n) is 9.40. The van der Waals surface area contributed by atoms with Gasteiger partial charge in [-0.3, -0.25) is 13.9 Å². The van der Waals surface area contributed by atoms with Crippen LogP contribution in [-0.4, -0.2) is 43.8 Å². The SMILES string of the molecule is Cc1ccc(S(=O)(=O)N(CC(=O)N(Cc2ccccc2Cl)[C@@H](C)C(=O)NC(C)C)c2cc(Cl)cc(Cl)c2)cc1. The van der Waals surface area contributed by atoms with Crippen LogP contribution in [0, 0.1) is 6.92 Å². The standard InChI is InChI=1S/C28H30Cl3N3O4S/c1-18(2)32-28(36)20(4)33(16-21-7-5-6-8-26(21)31)27(35)17-34(24-14-22(29)13-23(30)15-24)39(37,38)25-11-9-19(3)10-12-25/h5-15,18,20H,16-17H2,1-4H3,(H,32,36)/t20-/m0/s1. The highest BCUT2D eigenvalue weighted by Crippen LogP contribution is 2.30. The number of rotatable bonds is 10. The summed E-state index contributed by atoms with van der Waals surface area (Å²) in [5, 5.41) is 3.62. The molecule has 3 rings (SSSR count). The monoisotopic (exact) mass is 609 g/mol. The second kappa shape index (κ2) is 13.0. The van der Waals surface area contributed by atoms with Gasteiger partial charge in [0.2, 0.25) is 11.8 Å². The molecule has 1 atom stereocenters. The summed E-state index contributed by atoms with van der Waals surface area (Å²) in [4.78, 5) is 28.2. The topological polar surface area (TPSA) is 86.8 Å². The highest BCUT2D eigenvalue weighted by Gasteiger charge is 2.33. The van der Waals surface area contributed by atoms with Crippen molar-refractivity contribution in [2.24, 2.45) is 0 Å². The Labute approximate surface area is 244 Å². The van der Waals surface area contributed by atoms with Gasteiger partial charge in [-0.2, -0.15) is 0 Å². The number of sulfonamides is 1. The molecule has 0 saturated carbocycles. The van der Waals surface area contributed by atoms with Crippen LogP contribution in [0.2, 0.25) is 15.1 Å². The molecule has 0 unspecified atom stereocenters. The van der Waals surface area contributed by atoms with Crippen molar-refractivity contribution in [1.29, 1.82) is 0 Å². The van der Waals surface area contributed by atoms with Crippen molar-refractivity contribution in [1.82, 2.24) is 10.2 Å². The summed E-state index contributed by atoms with van der Waals surface area (Å²) in [6.07, 6.45) is 0. The van der Waals surface area contributed by atoms with Crippen molar-refractivity contribution in [2.45, 2.75) is 51.2 Å². The Morgan fingerprint density at radius 2 is 1.49 bits per heavy atom. The lowest BCUT2D eigenvalue weighted by Crippen LogP contribution is -2.52. The molecule has 0 radical (unpaired) electrons. The Balaban J connectivity index is 2.08. The molecular weight excluding hydrogens is 581 g/mol. The first-order chi connectivity index (χ1) is 18.3. The van der Waals surface area contributed by atoms with Crippen LogP contribution in [0.4, 0.5) is 5.69 Å². The van der Waals surface area contributed by atoms with Crippen molar-refractivity contribution in [3.63, 3.8) is 0 Å². The molecule has 39 heavy (non-hydrogen) atoms. The summed E-state index contributed by atoms with van der Waals surface area (Å²) < 4.78 is 28.7. The molecule has 0 bridgehead atoms. The first-order valence-electron chi connectivity index (χ1n) is 12.2. The molecule has 3 aromatic rings. The van der Waals surface area contributed by atoms with E-state index in [1.165, 1.54) is 35.2 Å². The third-order valence-electron chi connectivity index (χ3n) is 5.92. The number of nitrogens with zero attached hydrogens (tertiary/aromatic N) is 2. The lowest BCUT2D eigenvalue weighted by Gasteiger charge is -2.32. The maximum absolute atomic E-state index is 13.9. The van der Waals surface area contributed by atoms with Gasteiger partial charge in [0.1, 0.15) is 12.6 Å². The van der Waals surface area contributed by atoms with Gasteiger partial charge in [0.05, 0.1) is 10.6 Å². The number of amides is 2. The molecule has 0 fully saturated rings. The molecule has 2 amide bonds. The fourth-order valence-corrected chi connectivity index (χ4v) is 5.96. The molecule has 0 aliphatic rings. The summed E-state index contributed by atoms with van der Waals surface area (Å²) in [5.74, 6) is -1.00. The van der Waals surface area contributed by atoms with E-state index in [-0.39, 0.29) is 39.1 Å². The van der Waals surface area contributed by atoms with Crippen LogP contribution in [-0.2, 0) is 26.2 Å². The number of hydrogen-bond donors (Lipinski definition) is 1. The van der Waals surface area contributed by atoms with E-state index in [0.29, 0.717) is 10.6 Å². The number of anilines is 1. The summed E-state index contributed by atoms with van der Waals surface area (Å²) >= 11 is 18.8. The van der Waals surface area contributed by atoms with Gasteiger partial charge in [0.15, 0.2) is 0 Å². The van der Waals surface area contributed by atoms with Gasteiger partial charge in [-0.1, -0.05) is 70.7 Å². The van der Waals surface area contributed by atoms with Gasteiger partial charge in [-0.05, 0) is 69.7 Å². The van der Waals surface area contributed by atoms with Crippen molar-refractivity contribution in [3.8, 4) is 0 Å². The van der Waals surface area contributed by atoms with E-state index >= 15 is 0 Å². The highest BCUT2D eigenvalue weighted by atomic mass is 35.5. The van der Waals surface area contributed by atoms with E-state index in [1.54, 1.807) is 43.3 Å².